The lowest BCUT2D eigenvalue weighted by molar-refractivity contribution is -0.192. The van der Waals surface area contributed by atoms with Gasteiger partial charge in [-0.05, 0) is 32.9 Å². The molecule has 0 unspecified atom stereocenters. The fourth-order valence-electron chi connectivity index (χ4n) is 4.27. The third kappa shape index (κ3) is 4.34. The first-order chi connectivity index (χ1) is 13.7. The number of carbonyl (C=O) groups is 3. The number of carbonyl (C=O) groups excluding carboxylic acids is 3. The van der Waals surface area contributed by atoms with Crippen LogP contribution in [-0.2, 0) is 28.6 Å². The molecule has 2 aliphatic rings. The van der Waals surface area contributed by atoms with Crippen LogP contribution in [0.5, 0.6) is 0 Å². The number of hydrogen-bond donors (Lipinski definition) is 0. The van der Waals surface area contributed by atoms with E-state index in [-0.39, 0.29) is 24.5 Å². The standard InChI is InChI=1S/C22H27NO6/c1-12-6-8-17(9-7-12)23-13(2)21(14(3)24)18-10-20(23)29-19(11-27-15(4)25)22(18)28-16(5)26/h6-9,18-20,22H,10-11H2,1-5H3/t18-,19+,20+,22-/m0/s1. The Balaban J connectivity index is 2.05. The molecule has 1 aromatic rings. The Labute approximate surface area is 170 Å². The normalized spacial score (nSPS) is 26.2. The lowest BCUT2D eigenvalue weighted by atomic mass is 9.78. The summed E-state index contributed by atoms with van der Waals surface area (Å²) >= 11 is 0. The van der Waals surface area contributed by atoms with Gasteiger partial charge in [-0.3, -0.25) is 14.4 Å². The van der Waals surface area contributed by atoms with Gasteiger partial charge in [0.1, 0.15) is 25.0 Å². The minimum absolute atomic E-state index is 0.0494. The van der Waals surface area contributed by atoms with Gasteiger partial charge in [0.15, 0.2) is 5.78 Å². The van der Waals surface area contributed by atoms with Gasteiger partial charge in [-0.2, -0.15) is 0 Å². The topological polar surface area (TPSA) is 82.1 Å². The van der Waals surface area contributed by atoms with Crippen LogP contribution in [0.4, 0.5) is 5.69 Å². The summed E-state index contributed by atoms with van der Waals surface area (Å²) in [5.74, 6) is -1.31. The Morgan fingerprint density at radius 2 is 1.72 bits per heavy atom. The summed E-state index contributed by atoms with van der Waals surface area (Å²) in [4.78, 5) is 37.7. The van der Waals surface area contributed by atoms with E-state index in [0.717, 1.165) is 16.9 Å². The second kappa shape index (κ2) is 8.37. The van der Waals surface area contributed by atoms with Crippen LogP contribution in [-0.4, -0.2) is 42.8 Å². The first-order valence-electron chi connectivity index (χ1n) is 9.72. The molecule has 2 bridgehead atoms. The number of anilines is 1. The Hall–Kier alpha value is -2.67. The van der Waals surface area contributed by atoms with Crippen molar-refractivity contribution in [3.8, 4) is 0 Å². The second-order valence-electron chi connectivity index (χ2n) is 7.61. The van der Waals surface area contributed by atoms with Crippen molar-refractivity contribution >= 4 is 23.4 Å². The van der Waals surface area contributed by atoms with E-state index in [1.165, 1.54) is 20.8 Å². The molecule has 1 aromatic carbocycles. The van der Waals surface area contributed by atoms with Crippen molar-refractivity contribution in [2.45, 2.75) is 59.5 Å². The Kier molecular flexibility index (Phi) is 6.07. The maximum absolute atomic E-state index is 12.6. The van der Waals surface area contributed by atoms with Gasteiger partial charge in [-0.1, -0.05) is 17.7 Å². The zero-order valence-corrected chi connectivity index (χ0v) is 17.4. The van der Waals surface area contributed by atoms with Crippen LogP contribution in [0.1, 0.15) is 39.7 Å². The maximum atomic E-state index is 12.6. The Bertz CT molecular complexity index is 843. The second-order valence-corrected chi connectivity index (χ2v) is 7.61. The highest BCUT2D eigenvalue weighted by Crippen LogP contribution is 2.43. The Morgan fingerprint density at radius 3 is 2.28 bits per heavy atom. The summed E-state index contributed by atoms with van der Waals surface area (Å²) in [5.41, 5.74) is 3.44. The number of esters is 2. The molecule has 0 amide bonds. The van der Waals surface area contributed by atoms with Crippen molar-refractivity contribution in [1.82, 2.24) is 0 Å². The number of nitrogens with zero attached hydrogens (tertiary/aromatic N) is 1. The zero-order chi connectivity index (χ0) is 21.3. The predicted molar refractivity (Wildman–Crippen MR) is 106 cm³/mol. The molecule has 0 N–H and O–H groups in total. The van der Waals surface area contributed by atoms with Crippen LogP contribution in [0.3, 0.4) is 0 Å². The highest BCUT2D eigenvalue weighted by molar-refractivity contribution is 5.96. The van der Waals surface area contributed by atoms with E-state index in [1.807, 2.05) is 43.0 Å². The van der Waals surface area contributed by atoms with E-state index >= 15 is 0 Å². The van der Waals surface area contributed by atoms with E-state index in [9.17, 15) is 14.4 Å². The van der Waals surface area contributed by atoms with E-state index in [2.05, 4.69) is 0 Å². The third-order valence-corrected chi connectivity index (χ3v) is 5.40. The van der Waals surface area contributed by atoms with E-state index in [1.54, 1.807) is 0 Å². The lowest BCUT2D eigenvalue weighted by Crippen LogP contribution is -2.58. The maximum Gasteiger partial charge on any atom is 0.303 e. The van der Waals surface area contributed by atoms with Gasteiger partial charge in [0.05, 0.1) is 0 Å². The summed E-state index contributed by atoms with van der Waals surface area (Å²) in [5, 5.41) is 0. The number of Topliss-reactive ketones (excluding diaryl/α,β-unsaturated/α-hetero) is 1. The van der Waals surface area contributed by atoms with E-state index in [4.69, 9.17) is 14.2 Å². The van der Waals surface area contributed by atoms with Crippen LogP contribution >= 0.6 is 0 Å². The van der Waals surface area contributed by atoms with Crippen LogP contribution < -0.4 is 4.90 Å². The van der Waals surface area contributed by atoms with Gasteiger partial charge in [0.2, 0.25) is 0 Å². The lowest BCUT2D eigenvalue weighted by Gasteiger charge is -2.50. The molecule has 0 saturated carbocycles. The summed E-state index contributed by atoms with van der Waals surface area (Å²) in [7, 11) is 0. The smallest absolute Gasteiger partial charge is 0.303 e. The minimum Gasteiger partial charge on any atom is -0.463 e. The number of aryl methyl sites for hydroxylation is 1. The summed E-state index contributed by atoms with van der Waals surface area (Å²) in [6, 6.07) is 7.98. The summed E-state index contributed by atoms with van der Waals surface area (Å²) in [6.07, 6.45) is -1.23. The summed E-state index contributed by atoms with van der Waals surface area (Å²) in [6.45, 7) is 8.00. The number of rotatable bonds is 5. The number of ketones is 1. The molecule has 7 nitrogen and oxygen atoms in total. The number of hydrogen-bond acceptors (Lipinski definition) is 7. The first kappa shape index (κ1) is 21.0. The number of benzene rings is 1. The van der Waals surface area contributed by atoms with Crippen LogP contribution in [0.2, 0.25) is 0 Å². The Morgan fingerprint density at radius 1 is 1.07 bits per heavy atom. The van der Waals surface area contributed by atoms with Crippen LogP contribution in [0.15, 0.2) is 35.5 Å². The molecule has 7 heteroatoms. The molecule has 156 valence electrons. The average molecular weight is 401 g/mol. The average Bonchev–Trinajstić information content (AvgIpc) is 2.63. The largest absolute Gasteiger partial charge is 0.463 e. The van der Waals surface area contributed by atoms with Crippen molar-refractivity contribution in [2.24, 2.45) is 5.92 Å². The van der Waals surface area contributed by atoms with Gasteiger partial charge in [-0.25, -0.2) is 0 Å². The number of fused-ring (bicyclic) bond motifs is 2. The third-order valence-electron chi connectivity index (χ3n) is 5.40. The van der Waals surface area contributed by atoms with E-state index in [0.29, 0.717) is 12.0 Å². The van der Waals surface area contributed by atoms with Crippen molar-refractivity contribution in [2.75, 3.05) is 11.5 Å². The fourth-order valence-corrected chi connectivity index (χ4v) is 4.27. The summed E-state index contributed by atoms with van der Waals surface area (Å²) < 4.78 is 17.0. The molecule has 2 heterocycles. The quantitative estimate of drug-likeness (QED) is 0.702. The van der Waals surface area contributed by atoms with Crippen LogP contribution in [0.25, 0.3) is 0 Å². The molecule has 29 heavy (non-hydrogen) atoms. The molecule has 2 aliphatic heterocycles. The van der Waals surface area contributed by atoms with Crippen LogP contribution in [0, 0.1) is 12.8 Å². The monoisotopic (exact) mass is 401 g/mol. The van der Waals surface area contributed by atoms with Gasteiger partial charge < -0.3 is 19.1 Å². The zero-order valence-electron chi connectivity index (χ0n) is 17.4. The van der Waals surface area contributed by atoms with Crippen molar-refractivity contribution < 1.29 is 28.6 Å². The molecule has 0 spiro atoms. The van der Waals surface area contributed by atoms with Crippen molar-refractivity contribution in [3.63, 3.8) is 0 Å². The SMILES string of the molecule is CC(=O)OC[C@H]1O[C@@H]2C[C@@H](C(C(C)=O)=C(C)N2c2ccc(C)cc2)[C@@H]1OC(C)=O. The molecule has 1 fully saturated rings. The van der Waals surface area contributed by atoms with Gasteiger partial charge >= 0.3 is 11.9 Å². The molecular weight excluding hydrogens is 374 g/mol. The molecule has 1 saturated heterocycles. The first-order valence-corrected chi connectivity index (χ1v) is 9.72. The van der Waals surface area contributed by atoms with Gasteiger partial charge in [0.25, 0.3) is 0 Å². The number of allylic oxidation sites excluding steroid dienone is 1. The molecule has 3 rings (SSSR count). The predicted octanol–water partition coefficient (Wildman–Crippen LogP) is 2.90. The molecule has 0 radical (unpaired) electrons. The van der Waals surface area contributed by atoms with Gasteiger partial charge in [0, 0.05) is 43.1 Å². The van der Waals surface area contributed by atoms with Gasteiger partial charge in [-0.15, -0.1) is 0 Å². The highest BCUT2D eigenvalue weighted by Gasteiger charge is 2.49. The van der Waals surface area contributed by atoms with E-state index < -0.39 is 24.1 Å². The van der Waals surface area contributed by atoms with Crippen molar-refractivity contribution in [1.29, 1.82) is 0 Å². The molecule has 4 atom stereocenters. The molecule has 0 aromatic heterocycles. The van der Waals surface area contributed by atoms with Crippen molar-refractivity contribution in [3.05, 3.63) is 41.1 Å². The highest BCUT2D eigenvalue weighted by atomic mass is 16.6. The minimum atomic E-state index is -0.697. The molecule has 0 aliphatic carbocycles. The molecular formula is C22H27NO6. The number of ether oxygens (including phenoxy) is 3. The fraction of sp³-hybridized carbons (Fsp3) is 0.500.